The first-order valence-electron chi connectivity index (χ1n) is 5.12. The fourth-order valence-electron chi connectivity index (χ4n) is 2.18. The van der Waals surface area contributed by atoms with Crippen LogP contribution in [0.3, 0.4) is 0 Å². The Balaban J connectivity index is 2.49. The van der Waals surface area contributed by atoms with Crippen molar-refractivity contribution < 1.29 is 15.0 Å². The van der Waals surface area contributed by atoms with Gasteiger partial charge >= 0.3 is 5.97 Å². The Kier molecular flexibility index (Phi) is 1.75. The van der Waals surface area contributed by atoms with E-state index in [0.29, 0.717) is 11.2 Å². The number of aromatic carboxylic acids is 1. The molecule has 3 aromatic rings. The van der Waals surface area contributed by atoms with E-state index in [4.69, 9.17) is 5.11 Å². The summed E-state index contributed by atoms with van der Waals surface area (Å²) in [6.07, 6.45) is 0. The highest BCUT2D eigenvalue weighted by Crippen LogP contribution is 2.32. The number of nitrogens with zero attached hydrogens (tertiary/aromatic N) is 1. The Bertz CT molecular complexity index is 752. The minimum atomic E-state index is -0.967. The lowest BCUT2D eigenvalue weighted by atomic mass is 10.2. The molecule has 2 heterocycles. The van der Waals surface area contributed by atoms with Gasteiger partial charge in [-0.05, 0) is 12.1 Å². The molecule has 0 amide bonds. The van der Waals surface area contributed by atoms with Gasteiger partial charge in [-0.25, -0.2) is 4.79 Å². The van der Waals surface area contributed by atoms with E-state index in [1.54, 1.807) is 29.8 Å². The number of hydrogen-bond donors (Lipinski definition) is 3. The van der Waals surface area contributed by atoms with Gasteiger partial charge in [0.1, 0.15) is 17.1 Å². The number of carbonyl (C=O) groups is 1. The Morgan fingerprint density at radius 1 is 1.35 bits per heavy atom. The highest BCUT2D eigenvalue weighted by atomic mass is 16.4. The lowest BCUT2D eigenvalue weighted by molar-refractivity contribution is 0.0687. The number of nitrogens with one attached hydrogen (secondary N) is 1. The van der Waals surface area contributed by atoms with Crippen LogP contribution in [0.25, 0.3) is 21.9 Å². The predicted molar refractivity (Wildman–Crippen MR) is 63.4 cm³/mol. The second-order valence-corrected chi connectivity index (χ2v) is 3.98. The molecule has 3 N–H and O–H groups in total. The van der Waals surface area contributed by atoms with E-state index in [1.165, 1.54) is 0 Å². The molecule has 0 fully saturated rings. The normalized spacial score (nSPS) is 11.4. The standard InChI is InChI=1S/C12H10N2O3/c1-14-8(12(16)17)5-7-6-3-2-4-9(15)10(6)13-11(7)14/h2-5,13,15H,1H3,(H,16,17). The van der Waals surface area contributed by atoms with Gasteiger partial charge in [0.05, 0.1) is 5.52 Å². The lowest BCUT2D eigenvalue weighted by Crippen LogP contribution is -2.03. The van der Waals surface area contributed by atoms with Crippen molar-refractivity contribution >= 4 is 27.9 Å². The molecule has 1 aromatic carbocycles. The molecule has 86 valence electrons. The molecule has 0 saturated heterocycles. The van der Waals surface area contributed by atoms with Crippen LogP contribution >= 0.6 is 0 Å². The highest BCUT2D eigenvalue weighted by molar-refractivity contribution is 6.10. The first kappa shape index (κ1) is 9.77. The van der Waals surface area contributed by atoms with Gasteiger partial charge < -0.3 is 19.8 Å². The van der Waals surface area contributed by atoms with Crippen molar-refractivity contribution in [3.8, 4) is 5.75 Å². The summed E-state index contributed by atoms with van der Waals surface area (Å²) in [7, 11) is 1.68. The molecule has 0 bridgehead atoms. The number of para-hydroxylation sites is 1. The second-order valence-electron chi connectivity index (χ2n) is 3.98. The molecule has 0 saturated carbocycles. The number of phenols is 1. The van der Waals surface area contributed by atoms with Crippen LogP contribution in [-0.4, -0.2) is 25.7 Å². The highest BCUT2D eigenvalue weighted by Gasteiger charge is 2.16. The van der Waals surface area contributed by atoms with Crippen LogP contribution in [0.15, 0.2) is 24.3 Å². The summed E-state index contributed by atoms with van der Waals surface area (Å²) in [5.74, 6) is -0.805. The van der Waals surface area contributed by atoms with Crippen molar-refractivity contribution in [1.29, 1.82) is 0 Å². The van der Waals surface area contributed by atoms with E-state index < -0.39 is 5.97 Å². The topological polar surface area (TPSA) is 78.2 Å². The van der Waals surface area contributed by atoms with Gasteiger partial charge in [0.25, 0.3) is 0 Å². The summed E-state index contributed by atoms with van der Waals surface area (Å²) in [6.45, 7) is 0. The number of aromatic nitrogens is 2. The van der Waals surface area contributed by atoms with Crippen LogP contribution in [0.2, 0.25) is 0 Å². The number of fused-ring (bicyclic) bond motifs is 3. The van der Waals surface area contributed by atoms with Gasteiger partial charge in [0.2, 0.25) is 0 Å². The van der Waals surface area contributed by atoms with E-state index in [2.05, 4.69) is 4.98 Å². The van der Waals surface area contributed by atoms with E-state index in [9.17, 15) is 9.90 Å². The number of aryl methyl sites for hydroxylation is 1. The maximum atomic E-state index is 11.0. The Morgan fingerprint density at radius 3 is 2.82 bits per heavy atom. The molecule has 5 heteroatoms. The van der Waals surface area contributed by atoms with Crippen LogP contribution in [0, 0.1) is 0 Å². The third-order valence-electron chi connectivity index (χ3n) is 3.03. The van der Waals surface area contributed by atoms with Crippen molar-refractivity contribution in [2.75, 3.05) is 0 Å². The van der Waals surface area contributed by atoms with Crippen molar-refractivity contribution in [2.24, 2.45) is 7.05 Å². The van der Waals surface area contributed by atoms with Crippen LogP contribution in [0.4, 0.5) is 0 Å². The predicted octanol–water partition coefficient (Wildman–Crippen LogP) is 2.06. The van der Waals surface area contributed by atoms with E-state index in [-0.39, 0.29) is 11.4 Å². The van der Waals surface area contributed by atoms with Crippen molar-refractivity contribution in [1.82, 2.24) is 9.55 Å². The minimum Gasteiger partial charge on any atom is -0.506 e. The Hall–Kier alpha value is -2.43. The summed E-state index contributed by atoms with van der Waals surface area (Å²) in [4.78, 5) is 14.0. The smallest absolute Gasteiger partial charge is 0.352 e. The fourth-order valence-corrected chi connectivity index (χ4v) is 2.18. The number of H-pyrrole nitrogens is 1. The van der Waals surface area contributed by atoms with Crippen molar-refractivity contribution in [2.45, 2.75) is 0 Å². The van der Waals surface area contributed by atoms with Gasteiger partial charge in [-0.2, -0.15) is 0 Å². The molecular formula is C12H10N2O3. The van der Waals surface area contributed by atoms with Gasteiger partial charge in [0, 0.05) is 17.8 Å². The number of aromatic amines is 1. The monoisotopic (exact) mass is 230 g/mol. The van der Waals surface area contributed by atoms with Gasteiger partial charge in [-0.3, -0.25) is 0 Å². The zero-order chi connectivity index (χ0) is 12.2. The first-order valence-corrected chi connectivity index (χ1v) is 5.12. The van der Waals surface area contributed by atoms with Crippen LogP contribution in [-0.2, 0) is 7.05 Å². The maximum absolute atomic E-state index is 11.0. The average molecular weight is 230 g/mol. The number of carboxylic acid groups (broad SMARTS) is 1. The molecule has 0 aliphatic carbocycles. The number of rotatable bonds is 1. The van der Waals surface area contributed by atoms with Gasteiger partial charge in [0.15, 0.2) is 0 Å². The molecule has 17 heavy (non-hydrogen) atoms. The third-order valence-corrected chi connectivity index (χ3v) is 3.03. The van der Waals surface area contributed by atoms with E-state index in [1.807, 2.05) is 6.07 Å². The molecule has 3 rings (SSSR count). The number of benzene rings is 1. The summed E-state index contributed by atoms with van der Waals surface area (Å²) in [5.41, 5.74) is 1.54. The van der Waals surface area contributed by atoms with Crippen molar-refractivity contribution in [3.63, 3.8) is 0 Å². The number of phenolic OH excluding ortho intramolecular Hbond substituents is 1. The molecule has 5 nitrogen and oxygen atoms in total. The summed E-state index contributed by atoms with van der Waals surface area (Å²) >= 11 is 0. The van der Waals surface area contributed by atoms with Crippen LogP contribution in [0.5, 0.6) is 5.75 Å². The summed E-state index contributed by atoms with van der Waals surface area (Å²) in [5, 5.41) is 20.4. The largest absolute Gasteiger partial charge is 0.506 e. The molecule has 0 aliphatic rings. The minimum absolute atomic E-state index is 0.163. The van der Waals surface area contributed by atoms with Gasteiger partial charge in [-0.15, -0.1) is 0 Å². The lowest BCUT2D eigenvalue weighted by Gasteiger charge is -1.97. The molecule has 2 aromatic heterocycles. The quantitative estimate of drug-likeness (QED) is 0.598. The van der Waals surface area contributed by atoms with E-state index in [0.717, 1.165) is 10.8 Å². The molecule has 0 aliphatic heterocycles. The summed E-state index contributed by atoms with van der Waals surface area (Å²) in [6, 6.07) is 6.78. The van der Waals surface area contributed by atoms with Crippen LogP contribution in [0.1, 0.15) is 10.5 Å². The zero-order valence-corrected chi connectivity index (χ0v) is 9.06. The molecule has 0 unspecified atom stereocenters. The number of carboxylic acids is 1. The van der Waals surface area contributed by atoms with Crippen LogP contribution < -0.4 is 0 Å². The summed E-state index contributed by atoms with van der Waals surface area (Å²) < 4.78 is 1.57. The first-order chi connectivity index (χ1) is 8.09. The SMILES string of the molecule is Cn1c(C(=O)O)cc2c3cccc(O)c3[nH]c21. The second kappa shape index (κ2) is 3.04. The fraction of sp³-hybridized carbons (Fsp3) is 0.0833. The number of hydrogen-bond acceptors (Lipinski definition) is 2. The molecular weight excluding hydrogens is 220 g/mol. The Labute approximate surface area is 95.9 Å². The van der Waals surface area contributed by atoms with Gasteiger partial charge in [-0.1, -0.05) is 12.1 Å². The molecule has 0 spiro atoms. The van der Waals surface area contributed by atoms with Crippen molar-refractivity contribution in [3.05, 3.63) is 30.0 Å². The maximum Gasteiger partial charge on any atom is 0.352 e. The zero-order valence-electron chi connectivity index (χ0n) is 9.06. The Morgan fingerprint density at radius 2 is 2.12 bits per heavy atom. The average Bonchev–Trinajstić information content (AvgIpc) is 2.78. The molecule has 0 radical (unpaired) electrons. The third kappa shape index (κ3) is 1.16. The molecule has 0 atom stereocenters. The van der Waals surface area contributed by atoms with E-state index >= 15 is 0 Å². The number of aromatic hydroxyl groups is 1.